The first kappa shape index (κ1) is 23.2. The first-order valence-corrected chi connectivity index (χ1v) is 12.7. The maximum Gasteiger partial charge on any atom is 0.0406 e. The van der Waals surface area contributed by atoms with Gasteiger partial charge in [-0.3, -0.25) is 0 Å². The zero-order valence-corrected chi connectivity index (χ0v) is 20.6. The summed E-state index contributed by atoms with van der Waals surface area (Å²) in [6, 6.07) is 38.2. The molecule has 1 nitrogen and oxygen atoms in total. The Balaban J connectivity index is 1.52. The summed E-state index contributed by atoms with van der Waals surface area (Å²) in [5.41, 5.74) is 16.4. The molecule has 2 N–H and O–H groups in total. The molecule has 0 amide bonds. The van der Waals surface area contributed by atoms with Gasteiger partial charge in [0.2, 0.25) is 0 Å². The third-order valence-corrected chi connectivity index (χ3v) is 7.14. The smallest absolute Gasteiger partial charge is 0.0406 e. The molecule has 0 saturated heterocycles. The van der Waals surface area contributed by atoms with Gasteiger partial charge in [-0.25, -0.2) is 0 Å². The van der Waals surface area contributed by atoms with Crippen LogP contribution in [0.1, 0.15) is 59.4 Å². The Morgan fingerprint density at radius 2 is 1.11 bits per heavy atom. The number of rotatable bonds is 6. The molecule has 35 heavy (non-hydrogen) atoms. The minimum absolute atomic E-state index is 0.0847. The van der Waals surface area contributed by atoms with Gasteiger partial charge in [0.05, 0.1) is 0 Å². The summed E-state index contributed by atoms with van der Waals surface area (Å²) >= 11 is 6.15. The molecule has 5 rings (SSSR count). The van der Waals surface area contributed by atoms with Gasteiger partial charge in [0, 0.05) is 16.6 Å². The molecule has 174 valence electrons. The first-order valence-electron chi connectivity index (χ1n) is 12.3. The van der Waals surface area contributed by atoms with Gasteiger partial charge in [-0.1, -0.05) is 109 Å². The molecule has 0 heterocycles. The molecule has 0 aromatic heterocycles. The lowest BCUT2D eigenvalue weighted by Gasteiger charge is -2.22. The highest BCUT2D eigenvalue weighted by Gasteiger charge is 2.18. The minimum atomic E-state index is 0.0847. The zero-order chi connectivity index (χ0) is 24.0. The van der Waals surface area contributed by atoms with E-state index in [4.69, 9.17) is 17.3 Å². The maximum absolute atomic E-state index is 6.55. The van der Waals surface area contributed by atoms with Gasteiger partial charge in [0.1, 0.15) is 0 Å². The standard InChI is InChI=1S/C33H30ClN/c34-29-21-19-26(20-22-29)31-14-8-7-13-30(31)25-15-17-27(18-16-25)32(24-9-3-1-4-10-24)23-33(35)28-11-5-2-6-12-28/h1-6,9-12,15-23,32H,7-8,13-14,35H2/b33-23-. The summed E-state index contributed by atoms with van der Waals surface area (Å²) in [6.07, 6.45) is 6.87. The van der Waals surface area contributed by atoms with E-state index in [2.05, 4.69) is 84.9 Å². The number of hydrogen-bond donors (Lipinski definition) is 1. The quantitative estimate of drug-likeness (QED) is 0.296. The van der Waals surface area contributed by atoms with Crippen LogP contribution in [0.3, 0.4) is 0 Å². The predicted octanol–water partition coefficient (Wildman–Crippen LogP) is 8.96. The van der Waals surface area contributed by atoms with Crippen LogP contribution in [0.15, 0.2) is 115 Å². The van der Waals surface area contributed by atoms with Gasteiger partial charge in [0.25, 0.3) is 0 Å². The summed E-state index contributed by atoms with van der Waals surface area (Å²) < 4.78 is 0. The van der Waals surface area contributed by atoms with Crippen LogP contribution in [0.25, 0.3) is 16.8 Å². The van der Waals surface area contributed by atoms with Crippen molar-refractivity contribution in [2.24, 2.45) is 5.73 Å². The molecular weight excluding hydrogens is 446 g/mol. The Labute approximate surface area is 213 Å². The van der Waals surface area contributed by atoms with Crippen LogP contribution in [-0.4, -0.2) is 0 Å². The highest BCUT2D eigenvalue weighted by molar-refractivity contribution is 6.30. The fourth-order valence-electron chi connectivity index (χ4n) is 5.04. The fraction of sp³-hybridized carbons (Fsp3) is 0.152. The molecule has 1 atom stereocenters. The lowest BCUT2D eigenvalue weighted by atomic mass is 9.83. The number of benzene rings is 4. The number of nitrogens with two attached hydrogens (primary N) is 1. The molecular formula is C33H30ClN. The normalized spacial score (nSPS) is 15.2. The van der Waals surface area contributed by atoms with E-state index in [9.17, 15) is 0 Å². The largest absolute Gasteiger partial charge is 0.398 e. The second-order valence-corrected chi connectivity index (χ2v) is 9.61. The second kappa shape index (κ2) is 10.8. The van der Waals surface area contributed by atoms with Gasteiger partial charge in [-0.15, -0.1) is 0 Å². The third kappa shape index (κ3) is 5.42. The van der Waals surface area contributed by atoms with E-state index < -0.39 is 0 Å². The number of halogens is 1. The number of allylic oxidation sites excluding steroid dienone is 3. The Hall–Kier alpha value is -3.55. The maximum atomic E-state index is 6.55. The Morgan fingerprint density at radius 1 is 0.629 bits per heavy atom. The number of hydrogen-bond acceptors (Lipinski definition) is 1. The molecule has 1 unspecified atom stereocenters. The summed E-state index contributed by atoms with van der Waals surface area (Å²) in [5, 5.41) is 0.783. The molecule has 2 heteroatoms. The SMILES string of the molecule is N/C(=C\C(c1ccccc1)c1ccc(C2=C(c3ccc(Cl)cc3)CCCC2)cc1)c1ccccc1. The summed E-state index contributed by atoms with van der Waals surface area (Å²) in [7, 11) is 0. The average molecular weight is 476 g/mol. The van der Waals surface area contributed by atoms with Crippen LogP contribution in [0, 0.1) is 0 Å². The van der Waals surface area contributed by atoms with Crippen LogP contribution in [0.4, 0.5) is 0 Å². The highest BCUT2D eigenvalue weighted by Crippen LogP contribution is 2.39. The van der Waals surface area contributed by atoms with Crippen LogP contribution in [-0.2, 0) is 0 Å². The monoisotopic (exact) mass is 475 g/mol. The third-order valence-electron chi connectivity index (χ3n) is 6.89. The topological polar surface area (TPSA) is 26.0 Å². The lowest BCUT2D eigenvalue weighted by Crippen LogP contribution is -2.04. The fourth-order valence-corrected chi connectivity index (χ4v) is 5.16. The second-order valence-electron chi connectivity index (χ2n) is 9.17. The van der Waals surface area contributed by atoms with E-state index in [0.29, 0.717) is 0 Å². The van der Waals surface area contributed by atoms with Crippen molar-refractivity contribution >= 4 is 28.4 Å². The van der Waals surface area contributed by atoms with Gasteiger partial charge < -0.3 is 5.73 Å². The van der Waals surface area contributed by atoms with Gasteiger partial charge in [0.15, 0.2) is 0 Å². The van der Waals surface area contributed by atoms with Crippen molar-refractivity contribution in [2.75, 3.05) is 0 Å². The van der Waals surface area contributed by atoms with Gasteiger partial charge >= 0.3 is 0 Å². The van der Waals surface area contributed by atoms with Crippen molar-refractivity contribution in [3.05, 3.63) is 148 Å². The Kier molecular flexibility index (Phi) is 7.16. The van der Waals surface area contributed by atoms with E-state index in [1.165, 1.54) is 46.2 Å². The molecule has 0 spiro atoms. The molecule has 0 fully saturated rings. The summed E-state index contributed by atoms with van der Waals surface area (Å²) in [4.78, 5) is 0. The van der Waals surface area contributed by atoms with Crippen molar-refractivity contribution in [1.29, 1.82) is 0 Å². The molecule has 1 aliphatic carbocycles. The molecule has 1 aliphatic rings. The highest BCUT2D eigenvalue weighted by atomic mass is 35.5. The van der Waals surface area contributed by atoms with E-state index in [0.717, 1.165) is 29.1 Å². The van der Waals surface area contributed by atoms with Gasteiger partial charge in [-0.05, 0) is 82.9 Å². The van der Waals surface area contributed by atoms with E-state index in [1.807, 2.05) is 30.3 Å². The van der Waals surface area contributed by atoms with E-state index in [1.54, 1.807) is 0 Å². The van der Waals surface area contributed by atoms with Crippen LogP contribution >= 0.6 is 11.6 Å². The van der Waals surface area contributed by atoms with Crippen LogP contribution in [0.5, 0.6) is 0 Å². The van der Waals surface area contributed by atoms with Crippen molar-refractivity contribution in [3.8, 4) is 0 Å². The van der Waals surface area contributed by atoms with Crippen molar-refractivity contribution in [1.82, 2.24) is 0 Å². The van der Waals surface area contributed by atoms with Crippen LogP contribution in [0.2, 0.25) is 5.02 Å². The molecule has 4 aromatic rings. The molecule has 0 aliphatic heterocycles. The van der Waals surface area contributed by atoms with E-state index in [-0.39, 0.29) is 5.92 Å². The van der Waals surface area contributed by atoms with Crippen molar-refractivity contribution in [2.45, 2.75) is 31.6 Å². The molecule has 0 saturated carbocycles. The summed E-state index contributed by atoms with van der Waals surface area (Å²) in [5.74, 6) is 0.0847. The summed E-state index contributed by atoms with van der Waals surface area (Å²) in [6.45, 7) is 0. The molecule has 0 radical (unpaired) electrons. The van der Waals surface area contributed by atoms with Crippen molar-refractivity contribution in [3.63, 3.8) is 0 Å². The van der Waals surface area contributed by atoms with Gasteiger partial charge in [-0.2, -0.15) is 0 Å². The first-order chi connectivity index (χ1) is 17.2. The predicted molar refractivity (Wildman–Crippen MR) is 150 cm³/mol. The zero-order valence-electron chi connectivity index (χ0n) is 19.8. The molecule has 0 bridgehead atoms. The average Bonchev–Trinajstić information content (AvgIpc) is 2.93. The molecule has 4 aromatic carbocycles. The van der Waals surface area contributed by atoms with Crippen LogP contribution < -0.4 is 5.73 Å². The Morgan fingerprint density at radius 3 is 1.69 bits per heavy atom. The van der Waals surface area contributed by atoms with E-state index >= 15 is 0 Å². The minimum Gasteiger partial charge on any atom is -0.398 e. The van der Waals surface area contributed by atoms with Crippen molar-refractivity contribution < 1.29 is 0 Å². The Bertz CT molecular complexity index is 1320. The lowest BCUT2D eigenvalue weighted by molar-refractivity contribution is 0.753.